The molecular formula is C22H16FNO2S2. The van der Waals surface area contributed by atoms with E-state index in [-0.39, 0.29) is 10.7 Å². The van der Waals surface area contributed by atoms with Crippen LogP contribution >= 0.6 is 11.3 Å². The van der Waals surface area contributed by atoms with Gasteiger partial charge in [-0.1, -0.05) is 42.5 Å². The Labute approximate surface area is 167 Å². The Hall–Kier alpha value is -2.83. The van der Waals surface area contributed by atoms with E-state index in [2.05, 4.69) is 0 Å². The van der Waals surface area contributed by atoms with Gasteiger partial charge < -0.3 is 0 Å². The van der Waals surface area contributed by atoms with Crippen molar-refractivity contribution in [2.24, 2.45) is 0 Å². The van der Waals surface area contributed by atoms with Crippen molar-refractivity contribution >= 4 is 21.2 Å². The summed E-state index contributed by atoms with van der Waals surface area (Å²) >= 11 is 1.52. The second-order valence-corrected chi connectivity index (χ2v) is 9.38. The normalized spacial score (nSPS) is 11.5. The lowest BCUT2D eigenvalue weighted by atomic mass is 10.1. The number of thiazole rings is 1. The van der Waals surface area contributed by atoms with Crippen LogP contribution in [-0.4, -0.2) is 19.7 Å². The molecule has 0 aliphatic carbocycles. The van der Waals surface area contributed by atoms with Gasteiger partial charge in [-0.25, -0.2) is 17.8 Å². The van der Waals surface area contributed by atoms with Gasteiger partial charge in [-0.15, -0.1) is 11.3 Å². The fraction of sp³-hybridized carbons (Fsp3) is 0.0455. The van der Waals surface area contributed by atoms with Crippen molar-refractivity contribution in [1.82, 2.24) is 4.98 Å². The average molecular weight is 410 g/mol. The van der Waals surface area contributed by atoms with Gasteiger partial charge in [0.1, 0.15) is 10.8 Å². The van der Waals surface area contributed by atoms with Gasteiger partial charge in [-0.2, -0.15) is 0 Å². The van der Waals surface area contributed by atoms with Crippen molar-refractivity contribution in [3.63, 3.8) is 0 Å². The van der Waals surface area contributed by atoms with E-state index in [9.17, 15) is 12.8 Å². The summed E-state index contributed by atoms with van der Waals surface area (Å²) in [5.74, 6) is -0.304. The Kier molecular flexibility index (Phi) is 4.83. The van der Waals surface area contributed by atoms with Gasteiger partial charge in [0.25, 0.3) is 0 Å². The van der Waals surface area contributed by atoms with Crippen LogP contribution in [0.2, 0.25) is 0 Å². The third-order valence-corrected chi connectivity index (χ3v) is 6.59. The molecule has 0 aliphatic heterocycles. The number of benzene rings is 3. The van der Waals surface area contributed by atoms with Crippen molar-refractivity contribution in [1.29, 1.82) is 0 Å². The molecule has 6 heteroatoms. The predicted octanol–water partition coefficient (Wildman–Crippen LogP) is 5.69. The lowest BCUT2D eigenvalue weighted by Gasteiger charge is -2.04. The van der Waals surface area contributed by atoms with Crippen LogP contribution in [0.4, 0.5) is 4.39 Å². The molecule has 0 saturated heterocycles. The van der Waals surface area contributed by atoms with Crippen molar-refractivity contribution in [3.8, 4) is 32.3 Å². The monoisotopic (exact) mass is 409 g/mol. The fourth-order valence-electron chi connectivity index (χ4n) is 2.88. The van der Waals surface area contributed by atoms with Crippen molar-refractivity contribution in [2.45, 2.75) is 4.90 Å². The third-order valence-electron chi connectivity index (χ3n) is 4.31. The highest BCUT2D eigenvalue weighted by Gasteiger charge is 2.17. The standard InChI is InChI=1S/C22H16FNO2S2/c1-28(25,26)19-13-9-16(10-14-19)21-20(15-7-11-18(23)12-8-15)24-22(27-21)17-5-3-2-4-6-17/h2-14H,1H3. The SMILES string of the molecule is CS(=O)(=O)c1ccc(-c2sc(-c3ccccc3)nc2-c2ccc(F)cc2)cc1. The highest BCUT2D eigenvalue weighted by Crippen LogP contribution is 2.40. The second-order valence-electron chi connectivity index (χ2n) is 6.37. The van der Waals surface area contributed by atoms with E-state index in [1.807, 2.05) is 30.3 Å². The summed E-state index contributed by atoms with van der Waals surface area (Å²) < 4.78 is 36.9. The van der Waals surface area contributed by atoms with Crippen LogP contribution in [0.5, 0.6) is 0 Å². The Morgan fingerprint density at radius 3 is 2.00 bits per heavy atom. The predicted molar refractivity (Wildman–Crippen MR) is 111 cm³/mol. The Morgan fingerprint density at radius 2 is 1.39 bits per heavy atom. The van der Waals surface area contributed by atoms with E-state index in [4.69, 9.17) is 4.98 Å². The lowest BCUT2D eigenvalue weighted by molar-refractivity contribution is 0.602. The Balaban J connectivity index is 1.87. The molecule has 4 aromatic rings. The number of rotatable bonds is 4. The van der Waals surface area contributed by atoms with Crippen LogP contribution in [0, 0.1) is 5.82 Å². The first-order valence-corrected chi connectivity index (χ1v) is 11.3. The minimum atomic E-state index is -3.26. The Morgan fingerprint density at radius 1 is 0.786 bits per heavy atom. The van der Waals surface area contributed by atoms with Gasteiger partial charge in [0.15, 0.2) is 9.84 Å². The van der Waals surface area contributed by atoms with Gasteiger partial charge in [0.05, 0.1) is 15.5 Å². The molecule has 0 bridgehead atoms. The molecule has 28 heavy (non-hydrogen) atoms. The summed E-state index contributed by atoms with van der Waals surface area (Å²) in [5, 5.41) is 0.849. The molecule has 1 heterocycles. The highest BCUT2D eigenvalue weighted by atomic mass is 32.2. The maximum absolute atomic E-state index is 13.4. The van der Waals surface area contributed by atoms with E-state index in [0.29, 0.717) is 0 Å². The van der Waals surface area contributed by atoms with Gasteiger partial charge in [-0.05, 0) is 42.0 Å². The molecule has 0 atom stereocenters. The van der Waals surface area contributed by atoms with E-state index in [1.165, 1.54) is 29.7 Å². The van der Waals surface area contributed by atoms with Crippen LogP contribution < -0.4 is 0 Å². The number of halogens is 1. The molecule has 3 aromatic carbocycles. The van der Waals surface area contributed by atoms with Gasteiger partial charge in [0, 0.05) is 17.4 Å². The fourth-order valence-corrected chi connectivity index (χ4v) is 4.61. The first-order valence-electron chi connectivity index (χ1n) is 8.54. The highest BCUT2D eigenvalue weighted by molar-refractivity contribution is 7.90. The largest absolute Gasteiger partial charge is 0.235 e. The van der Waals surface area contributed by atoms with Gasteiger partial charge in [-0.3, -0.25) is 0 Å². The zero-order valence-corrected chi connectivity index (χ0v) is 16.6. The summed E-state index contributed by atoms with van der Waals surface area (Å²) in [4.78, 5) is 5.98. The van der Waals surface area contributed by atoms with E-state index in [0.717, 1.165) is 32.3 Å². The summed E-state index contributed by atoms with van der Waals surface area (Å²) in [6.45, 7) is 0. The maximum Gasteiger partial charge on any atom is 0.175 e. The maximum atomic E-state index is 13.4. The van der Waals surface area contributed by atoms with Crippen LogP contribution in [0.1, 0.15) is 0 Å². The van der Waals surface area contributed by atoms with E-state index >= 15 is 0 Å². The molecule has 0 saturated carbocycles. The molecule has 4 rings (SSSR count). The molecule has 0 unspecified atom stereocenters. The average Bonchev–Trinajstić information content (AvgIpc) is 3.14. The minimum absolute atomic E-state index is 0.271. The van der Waals surface area contributed by atoms with Crippen molar-refractivity contribution < 1.29 is 12.8 Å². The second kappa shape index (κ2) is 7.30. The molecule has 0 N–H and O–H groups in total. The van der Waals surface area contributed by atoms with E-state index < -0.39 is 9.84 Å². The molecule has 0 radical (unpaired) electrons. The third kappa shape index (κ3) is 3.74. The number of sulfone groups is 1. The summed E-state index contributed by atoms with van der Waals surface area (Å²) in [7, 11) is -3.26. The molecule has 1 aromatic heterocycles. The van der Waals surface area contributed by atoms with E-state index in [1.54, 1.807) is 36.4 Å². The van der Waals surface area contributed by atoms with Crippen LogP contribution in [0.3, 0.4) is 0 Å². The first kappa shape index (κ1) is 18.5. The molecular weight excluding hydrogens is 393 g/mol. The topological polar surface area (TPSA) is 47.0 Å². The minimum Gasteiger partial charge on any atom is -0.235 e. The lowest BCUT2D eigenvalue weighted by Crippen LogP contribution is -1.96. The molecule has 0 spiro atoms. The zero-order valence-electron chi connectivity index (χ0n) is 15.0. The van der Waals surface area contributed by atoms with Crippen LogP contribution in [-0.2, 0) is 9.84 Å². The molecule has 0 amide bonds. The van der Waals surface area contributed by atoms with Crippen molar-refractivity contribution in [2.75, 3.05) is 6.26 Å². The molecule has 3 nitrogen and oxygen atoms in total. The number of hydrogen-bond acceptors (Lipinski definition) is 4. The molecule has 0 aliphatic rings. The number of hydrogen-bond donors (Lipinski definition) is 0. The quantitative estimate of drug-likeness (QED) is 0.435. The summed E-state index contributed by atoms with van der Waals surface area (Å²) in [6, 6.07) is 22.8. The smallest absolute Gasteiger partial charge is 0.175 e. The van der Waals surface area contributed by atoms with Gasteiger partial charge in [0.2, 0.25) is 0 Å². The number of nitrogens with zero attached hydrogens (tertiary/aromatic N) is 1. The Bertz CT molecular complexity index is 1210. The van der Waals surface area contributed by atoms with Crippen LogP contribution in [0.15, 0.2) is 83.8 Å². The van der Waals surface area contributed by atoms with Crippen molar-refractivity contribution in [3.05, 3.63) is 84.7 Å². The first-order chi connectivity index (χ1) is 13.4. The van der Waals surface area contributed by atoms with Gasteiger partial charge >= 0.3 is 0 Å². The zero-order chi connectivity index (χ0) is 19.7. The molecule has 140 valence electrons. The molecule has 0 fully saturated rings. The summed E-state index contributed by atoms with van der Waals surface area (Å²) in [6.07, 6.45) is 1.19. The van der Waals surface area contributed by atoms with Crippen LogP contribution in [0.25, 0.3) is 32.3 Å². The number of aromatic nitrogens is 1. The summed E-state index contributed by atoms with van der Waals surface area (Å²) in [5.41, 5.74) is 3.42.